The van der Waals surface area contributed by atoms with Crippen LogP contribution in [0.1, 0.15) is 96.0 Å². The first kappa shape index (κ1) is 22.7. The number of aliphatic hydroxyl groups is 1. The number of unbranched alkanes of at least 4 members (excludes halogenated alkanes) is 2. The Morgan fingerprint density at radius 1 is 1.04 bits per heavy atom. The number of carbonyl (C=O) groups is 1. The number of aliphatic hydroxyl groups excluding tert-OH is 1. The van der Waals surface area contributed by atoms with E-state index in [0.29, 0.717) is 12.8 Å². The van der Waals surface area contributed by atoms with Gasteiger partial charge in [-0.2, -0.15) is 0 Å². The fraction of sp³-hybridized carbons (Fsp3) is 0.640. The van der Waals surface area contributed by atoms with E-state index in [0.717, 1.165) is 63.4 Å². The largest absolute Gasteiger partial charge is 0.462 e. The molecule has 156 valence electrons. The van der Waals surface area contributed by atoms with E-state index in [1.54, 1.807) is 0 Å². The van der Waals surface area contributed by atoms with Crippen molar-refractivity contribution in [3.8, 4) is 0 Å². The van der Waals surface area contributed by atoms with Crippen LogP contribution in [0.2, 0.25) is 0 Å². The van der Waals surface area contributed by atoms with Crippen molar-refractivity contribution in [1.82, 2.24) is 0 Å². The predicted molar refractivity (Wildman–Crippen MR) is 116 cm³/mol. The molecule has 1 fully saturated rings. The van der Waals surface area contributed by atoms with E-state index in [1.807, 2.05) is 18.2 Å². The lowest BCUT2D eigenvalue weighted by atomic mass is 9.96. The molecule has 3 heteroatoms. The Kier molecular flexibility index (Phi) is 11.0. The molecular weight excluding hydrogens is 348 g/mol. The van der Waals surface area contributed by atoms with Crippen molar-refractivity contribution in [2.24, 2.45) is 0 Å². The molecular formula is C25H38O3. The fourth-order valence-corrected chi connectivity index (χ4v) is 3.94. The number of cyclic esters (lactones) is 1. The third kappa shape index (κ3) is 9.54. The summed E-state index contributed by atoms with van der Waals surface area (Å²) in [5.41, 5.74) is 2.38. The molecule has 1 aromatic carbocycles. The zero-order valence-corrected chi connectivity index (χ0v) is 17.6. The fourth-order valence-electron chi connectivity index (χ4n) is 3.94. The lowest BCUT2D eigenvalue weighted by molar-refractivity contribution is -0.150. The predicted octanol–water partition coefficient (Wildman–Crippen LogP) is 6.45. The molecule has 0 amide bonds. The second-order valence-corrected chi connectivity index (χ2v) is 8.17. The van der Waals surface area contributed by atoms with Gasteiger partial charge in [-0.3, -0.25) is 4.79 Å². The number of carbonyl (C=O) groups excluding carboxylic acids is 1. The van der Waals surface area contributed by atoms with Gasteiger partial charge in [0.25, 0.3) is 0 Å². The molecule has 1 heterocycles. The highest BCUT2D eigenvalue weighted by Crippen LogP contribution is 2.23. The Morgan fingerprint density at radius 2 is 1.82 bits per heavy atom. The normalized spacial score (nSPS) is 24.5. The van der Waals surface area contributed by atoms with Crippen molar-refractivity contribution < 1.29 is 14.6 Å². The first-order valence-electron chi connectivity index (χ1n) is 11.3. The molecule has 1 aliphatic heterocycles. The van der Waals surface area contributed by atoms with Crippen molar-refractivity contribution in [2.75, 3.05) is 0 Å². The highest BCUT2D eigenvalue weighted by atomic mass is 16.5. The highest BCUT2D eigenvalue weighted by molar-refractivity contribution is 5.69. The van der Waals surface area contributed by atoms with Crippen LogP contribution in [-0.2, 0) is 9.53 Å². The van der Waals surface area contributed by atoms with Crippen LogP contribution in [0.3, 0.4) is 0 Å². The van der Waals surface area contributed by atoms with Gasteiger partial charge < -0.3 is 9.84 Å². The third-order valence-electron chi connectivity index (χ3n) is 5.54. The Morgan fingerprint density at radius 3 is 2.61 bits per heavy atom. The lowest BCUT2D eigenvalue weighted by Gasteiger charge is -2.19. The maximum atomic E-state index is 12.3. The van der Waals surface area contributed by atoms with Crippen molar-refractivity contribution in [2.45, 2.75) is 103 Å². The molecule has 1 aliphatic rings. The van der Waals surface area contributed by atoms with Gasteiger partial charge in [0.2, 0.25) is 0 Å². The first-order valence-corrected chi connectivity index (χ1v) is 11.3. The molecule has 1 N–H and O–H groups in total. The Hall–Kier alpha value is -1.61. The molecule has 2 rings (SSSR count). The van der Waals surface area contributed by atoms with E-state index in [2.05, 4.69) is 25.1 Å². The summed E-state index contributed by atoms with van der Waals surface area (Å²) in [6.45, 7) is 2.20. The van der Waals surface area contributed by atoms with Gasteiger partial charge in [0.1, 0.15) is 6.10 Å². The minimum Gasteiger partial charge on any atom is -0.462 e. The highest BCUT2D eigenvalue weighted by Gasteiger charge is 2.16. The standard InChI is InChI=1S/C25H38O3/c1-2-3-6-16-24-17-10-5-9-15-23(26)20-22(14-11-18-25(27)28-24)19-21-12-7-4-8-13-21/h4,7-8,12-13,19,23-24,26H,2-3,5-6,9-11,14-18,20H2,1H3/b22-19+/t23-,24?/m1/s1. The van der Waals surface area contributed by atoms with Gasteiger partial charge in [0, 0.05) is 6.42 Å². The Bertz CT molecular complexity index is 579. The van der Waals surface area contributed by atoms with E-state index < -0.39 is 0 Å². The maximum absolute atomic E-state index is 12.3. The minimum atomic E-state index is -0.287. The van der Waals surface area contributed by atoms with Crippen molar-refractivity contribution in [1.29, 1.82) is 0 Å². The SMILES string of the molecule is CCCCCC1CCCCC[C@@H](O)C/C(=C/c2ccccc2)CCCC(=O)O1. The summed E-state index contributed by atoms with van der Waals surface area (Å²) in [4.78, 5) is 12.3. The second-order valence-electron chi connectivity index (χ2n) is 8.17. The number of esters is 1. The number of hydrogen-bond donors (Lipinski definition) is 1. The average Bonchev–Trinajstić information content (AvgIpc) is 2.68. The summed E-state index contributed by atoms with van der Waals surface area (Å²) < 4.78 is 5.81. The minimum absolute atomic E-state index is 0.0573. The second kappa shape index (κ2) is 13.5. The van der Waals surface area contributed by atoms with Gasteiger partial charge in [0.15, 0.2) is 0 Å². The van der Waals surface area contributed by atoms with Gasteiger partial charge in [-0.1, -0.05) is 74.6 Å². The smallest absolute Gasteiger partial charge is 0.306 e. The summed E-state index contributed by atoms with van der Waals surface area (Å²) in [6.07, 6.45) is 14.3. The van der Waals surface area contributed by atoms with E-state index in [-0.39, 0.29) is 18.2 Å². The topological polar surface area (TPSA) is 46.5 Å². The van der Waals surface area contributed by atoms with Crippen molar-refractivity contribution in [3.63, 3.8) is 0 Å². The molecule has 1 saturated heterocycles. The zero-order chi connectivity index (χ0) is 20.0. The molecule has 0 aliphatic carbocycles. The summed E-state index contributed by atoms with van der Waals surface area (Å²) >= 11 is 0. The first-order chi connectivity index (χ1) is 13.7. The summed E-state index contributed by atoms with van der Waals surface area (Å²) in [7, 11) is 0. The summed E-state index contributed by atoms with van der Waals surface area (Å²) in [6, 6.07) is 10.2. The molecule has 0 saturated carbocycles. The number of hydrogen-bond acceptors (Lipinski definition) is 3. The Labute approximate surface area is 171 Å². The van der Waals surface area contributed by atoms with Gasteiger partial charge >= 0.3 is 5.97 Å². The Balaban J connectivity index is 1.97. The van der Waals surface area contributed by atoms with Crippen molar-refractivity contribution >= 4 is 12.0 Å². The summed E-state index contributed by atoms with van der Waals surface area (Å²) in [5.74, 6) is -0.0573. The van der Waals surface area contributed by atoms with Gasteiger partial charge in [0.05, 0.1) is 6.10 Å². The average molecular weight is 387 g/mol. The van der Waals surface area contributed by atoms with Crippen LogP contribution in [0.25, 0.3) is 6.08 Å². The molecule has 1 unspecified atom stereocenters. The zero-order valence-electron chi connectivity index (χ0n) is 17.6. The third-order valence-corrected chi connectivity index (χ3v) is 5.54. The van der Waals surface area contributed by atoms with Crippen LogP contribution in [0.5, 0.6) is 0 Å². The summed E-state index contributed by atoms with van der Waals surface area (Å²) in [5, 5.41) is 10.5. The van der Waals surface area contributed by atoms with Crippen LogP contribution >= 0.6 is 0 Å². The number of rotatable bonds is 5. The molecule has 28 heavy (non-hydrogen) atoms. The number of benzene rings is 1. The van der Waals surface area contributed by atoms with Crippen LogP contribution in [0, 0.1) is 0 Å². The lowest BCUT2D eigenvalue weighted by Crippen LogP contribution is -2.19. The van der Waals surface area contributed by atoms with Crippen LogP contribution in [0.4, 0.5) is 0 Å². The molecule has 1 aromatic rings. The van der Waals surface area contributed by atoms with E-state index in [9.17, 15) is 9.90 Å². The van der Waals surface area contributed by atoms with E-state index in [4.69, 9.17) is 4.74 Å². The molecule has 0 aromatic heterocycles. The van der Waals surface area contributed by atoms with Crippen LogP contribution in [0.15, 0.2) is 35.9 Å². The quantitative estimate of drug-likeness (QED) is 0.467. The van der Waals surface area contributed by atoms with Gasteiger partial charge in [-0.25, -0.2) is 0 Å². The molecule has 3 nitrogen and oxygen atoms in total. The van der Waals surface area contributed by atoms with Crippen LogP contribution < -0.4 is 0 Å². The molecule has 2 atom stereocenters. The van der Waals surface area contributed by atoms with E-state index in [1.165, 1.54) is 18.4 Å². The van der Waals surface area contributed by atoms with Gasteiger partial charge in [-0.05, 0) is 56.9 Å². The number of ether oxygens (including phenoxy) is 1. The molecule has 0 bridgehead atoms. The van der Waals surface area contributed by atoms with E-state index >= 15 is 0 Å². The molecule has 0 spiro atoms. The monoisotopic (exact) mass is 386 g/mol. The van der Waals surface area contributed by atoms with Gasteiger partial charge in [-0.15, -0.1) is 0 Å². The molecule has 0 radical (unpaired) electrons. The van der Waals surface area contributed by atoms with Crippen LogP contribution in [-0.4, -0.2) is 23.3 Å². The maximum Gasteiger partial charge on any atom is 0.306 e. The van der Waals surface area contributed by atoms with Crippen molar-refractivity contribution in [3.05, 3.63) is 41.5 Å².